The number of aliphatic imine (C=N–C) groups is 1. The highest BCUT2D eigenvalue weighted by Crippen LogP contribution is 2.26. The number of aromatic nitrogens is 2. The van der Waals surface area contributed by atoms with Crippen molar-refractivity contribution in [3.63, 3.8) is 0 Å². The Bertz CT molecular complexity index is 781. The average molecular weight is 401 g/mol. The van der Waals surface area contributed by atoms with Crippen molar-refractivity contribution < 1.29 is 9.15 Å². The maximum atomic E-state index is 6.00. The fraction of sp³-hybridized carbons (Fsp3) is 0.619. The van der Waals surface area contributed by atoms with Crippen LogP contribution < -0.4 is 5.32 Å². The predicted molar refractivity (Wildman–Crippen MR) is 112 cm³/mol. The molecule has 8 heteroatoms. The summed E-state index contributed by atoms with van der Waals surface area (Å²) in [6.07, 6.45) is 8.18. The summed E-state index contributed by atoms with van der Waals surface area (Å²) in [4.78, 5) is 9.81. The van der Waals surface area contributed by atoms with Crippen molar-refractivity contribution in [1.29, 1.82) is 0 Å². The summed E-state index contributed by atoms with van der Waals surface area (Å²) in [6.45, 7) is 8.13. The van der Waals surface area contributed by atoms with Crippen LogP contribution in [0.1, 0.15) is 43.2 Å². The second-order valence-electron chi connectivity index (χ2n) is 7.72. The number of aryl methyl sites for hydroxylation is 1. The highest BCUT2D eigenvalue weighted by Gasteiger charge is 2.28. The highest BCUT2D eigenvalue weighted by molar-refractivity contribution is 5.80. The molecule has 2 aliphatic heterocycles. The lowest BCUT2D eigenvalue weighted by Gasteiger charge is -2.35. The van der Waals surface area contributed by atoms with Gasteiger partial charge in [-0.2, -0.15) is 5.10 Å². The highest BCUT2D eigenvalue weighted by atomic mass is 16.5. The van der Waals surface area contributed by atoms with Crippen LogP contribution >= 0.6 is 0 Å². The molecule has 4 rings (SSSR count). The molecule has 2 aromatic heterocycles. The molecule has 2 aromatic rings. The molecule has 4 heterocycles. The fourth-order valence-corrected chi connectivity index (χ4v) is 4.17. The lowest BCUT2D eigenvalue weighted by molar-refractivity contribution is -0.00809. The van der Waals surface area contributed by atoms with Crippen molar-refractivity contribution in [1.82, 2.24) is 24.9 Å². The summed E-state index contributed by atoms with van der Waals surface area (Å²) in [5.41, 5.74) is 1.11. The fourth-order valence-electron chi connectivity index (χ4n) is 4.17. The standard InChI is InChI=1S/C21H32N6O2/c1-3-22-21(27-10-12-29-20(16-27)17-13-24-25(2)15-17)23-14-18(19-7-6-11-28-19)26-8-4-5-9-26/h6-7,11,13,15,18,20H,3-5,8-10,12,14,16H2,1-2H3,(H,22,23). The zero-order valence-electron chi connectivity index (χ0n) is 17.5. The van der Waals surface area contributed by atoms with Crippen LogP contribution in [0.25, 0.3) is 0 Å². The summed E-state index contributed by atoms with van der Waals surface area (Å²) in [5, 5.41) is 7.76. The first kappa shape index (κ1) is 20.0. The van der Waals surface area contributed by atoms with Crippen molar-refractivity contribution >= 4 is 5.96 Å². The minimum Gasteiger partial charge on any atom is -0.468 e. The van der Waals surface area contributed by atoms with E-state index < -0.39 is 0 Å². The molecule has 0 spiro atoms. The molecule has 0 bridgehead atoms. The quantitative estimate of drug-likeness (QED) is 0.592. The van der Waals surface area contributed by atoms with Gasteiger partial charge in [0.25, 0.3) is 0 Å². The molecule has 8 nitrogen and oxygen atoms in total. The average Bonchev–Trinajstić information content (AvgIpc) is 3.51. The zero-order chi connectivity index (χ0) is 20.1. The Morgan fingerprint density at radius 1 is 1.34 bits per heavy atom. The number of ether oxygens (including phenoxy) is 1. The molecule has 2 unspecified atom stereocenters. The van der Waals surface area contributed by atoms with Gasteiger partial charge in [0, 0.05) is 31.9 Å². The van der Waals surface area contributed by atoms with Crippen molar-refractivity contribution in [3.8, 4) is 0 Å². The van der Waals surface area contributed by atoms with Gasteiger partial charge in [-0.15, -0.1) is 0 Å². The Hall–Kier alpha value is -2.32. The first-order valence-electron chi connectivity index (χ1n) is 10.7. The number of likely N-dealkylation sites (tertiary alicyclic amines) is 1. The summed E-state index contributed by atoms with van der Waals surface area (Å²) in [7, 11) is 1.93. The normalized spacial score (nSPS) is 22.2. The first-order chi connectivity index (χ1) is 14.2. The van der Waals surface area contributed by atoms with E-state index in [9.17, 15) is 0 Å². The van der Waals surface area contributed by atoms with E-state index in [0.717, 1.165) is 50.0 Å². The van der Waals surface area contributed by atoms with Gasteiger partial charge in [-0.25, -0.2) is 0 Å². The van der Waals surface area contributed by atoms with E-state index in [4.69, 9.17) is 14.1 Å². The molecule has 158 valence electrons. The van der Waals surface area contributed by atoms with Gasteiger partial charge in [-0.3, -0.25) is 14.6 Å². The lowest BCUT2D eigenvalue weighted by Crippen LogP contribution is -2.48. The Balaban J connectivity index is 1.48. The third-order valence-electron chi connectivity index (χ3n) is 5.66. The maximum absolute atomic E-state index is 6.00. The predicted octanol–water partition coefficient (Wildman–Crippen LogP) is 2.19. The van der Waals surface area contributed by atoms with Crippen molar-refractivity contribution in [2.45, 2.75) is 31.9 Å². The molecular formula is C21H32N6O2. The minimum atomic E-state index is 0.0146. The smallest absolute Gasteiger partial charge is 0.194 e. The molecule has 0 radical (unpaired) electrons. The van der Waals surface area contributed by atoms with E-state index in [2.05, 4.69) is 33.2 Å². The number of hydrogen-bond donors (Lipinski definition) is 1. The second-order valence-corrected chi connectivity index (χ2v) is 7.72. The van der Waals surface area contributed by atoms with E-state index in [0.29, 0.717) is 13.2 Å². The van der Waals surface area contributed by atoms with Crippen LogP contribution in [0.5, 0.6) is 0 Å². The number of guanidine groups is 1. The van der Waals surface area contributed by atoms with Gasteiger partial charge in [0.15, 0.2) is 5.96 Å². The summed E-state index contributed by atoms with van der Waals surface area (Å²) < 4.78 is 13.6. The van der Waals surface area contributed by atoms with E-state index >= 15 is 0 Å². The molecule has 0 amide bonds. The van der Waals surface area contributed by atoms with Gasteiger partial charge >= 0.3 is 0 Å². The molecule has 2 atom stereocenters. The van der Waals surface area contributed by atoms with Gasteiger partial charge in [-0.05, 0) is 45.0 Å². The number of nitrogens with one attached hydrogen (secondary N) is 1. The largest absolute Gasteiger partial charge is 0.468 e. The van der Waals surface area contributed by atoms with Gasteiger partial charge in [-0.1, -0.05) is 0 Å². The summed E-state index contributed by atoms with van der Waals surface area (Å²) in [5.74, 6) is 1.95. The Labute approximate surface area is 172 Å². The Morgan fingerprint density at radius 3 is 2.90 bits per heavy atom. The van der Waals surface area contributed by atoms with Crippen molar-refractivity contribution in [2.75, 3.05) is 45.9 Å². The van der Waals surface area contributed by atoms with Crippen LogP contribution in [0.15, 0.2) is 40.2 Å². The molecule has 2 aliphatic rings. The molecule has 2 fully saturated rings. The number of hydrogen-bond acceptors (Lipinski definition) is 5. The maximum Gasteiger partial charge on any atom is 0.194 e. The van der Waals surface area contributed by atoms with Gasteiger partial charge < -0.3 is 19.4 Å². The number of nitrogens with zero attached hydrogens (tertiary/aromatic N) is 5. The van der Waals surface area contributed by atoms with Gasteiger partial charge in [0.1, 0.15) is 11.9 Å². The molecule has 1 N–H and O–H groups in total. The van der Waals surface area contributed by atoms with Crippen LogP contribution in [0, 0.1) is 0 Å². The van der Waals surface area contributed by atoms with Crippen LogP contribution in [-0.4, -0.2) is 71.4 Å². The summed E-state index contributed by atoms with van der Waals surface area (Å²) >= 11 is 0. The first-order valence-corrected chi connectivity index (χ1v) is 10.7. The van der Waals surface area contributed by atoms with Crippen LogP contribution in [0.3, 0.4) is 0 Å². The Kier molecular flexibility index (Phi) is 6.51. The third-order valence-corrected chi connectivity index (χ3v) is 5.66. The summed E-state index contributed by atoms with van der Waals surface area (Å²) in [6, 6.07) is 4.23. The molecule has 2 saturated heterocycles. The Morgan fingerprint density at radius 2 is 2.21 bits per heavy atom. The van der Waals surface area contributed by atoms with E-state index in [1.807, 2.05) is 30.2 Å². The van der Waals surface area contributed by atoms with Crippen molar-refractivity contribution in [3.05, 3.63) is 42.1 Å². The topological polar surface area (TPSA) is 71.1 Å². The third kappa shape index (κ3) is 4.82. The van der Waals surface area contributed by atoms with E-state index in [-0.39, 0.29) is 12.1 Å². The number of furan rings is 1. The van der Waals surface area contributed by atoms with Crippen LogP contribution in [0.2, 0.25) is 0 Å². The SMILES string of the molecule is CCNC(=NCC(c1ccco1)N1CCCC1)N1CCOC(c2cnn(C)c2)C1. The van der Waals surface area contributed by atoms with Crippen molar-refractivity contribution in [2.24, 2.45) is 12.0 Å². The second kappa shape index (κ2) is 9.45. The minimum absolute atomic E-state index is 0.0146. The number of rotatable bonds is 6. The van der Waals surface area contributed by atoms with E-state index in [1.165, 1.54) is 12.8 Å². The molecule has 29 heavy (non-hydrogen) atoms. The molecule has 0 aliphatic carbocycles. The molecular weight excluding hydrogens is 368 g/mol. The molecule has 0 saturated carbocycles. The number of morpholine rings is 1. The van der Waals surface area contributed by atoms with Gasteiger partial charge in [0.2, 0.25) is 0 Å². The van der Waals surface area contributed by atoms with Crippen LogP contribution in [0.4, 0.5) is 0 Å². The molecule has 0 aromatic carbocycles. The van der Waals surface area contributed by atoms with Crippen LogP contribution in [-0.2, 0) is 11.8 Å². The lowest BCUT2D eigenvalue weighted by atomic mass is 10.1. The zero-order valence-corrected chi connectivity index (χ0v) is 17.5. The van der Waals surface area contributed by atoms with Gasteiger partial charge in [0.05, 0.1) is 38.2 Å². The van der Waals surface area contributed by atoms with E-state index in [1.54, 1.807) is 6.26 Å². The monoisotopic (exact) mass is 400 g/mol.